The molecule has 1 unspecified atom stereocenters. The highest BCUT2D eigenvalue weighted by molar-refractivity contribution is 5.78. The summed E-state index contributed by atoms with van der Waals surface area (Å²) in [5.74, 6) is 0. The van der Waals surface area contributed by atoms with Crippen molar-refractivity contribution in [2.45, 2.75) is 26.2 Å². The van der Waals surface area contributed by atoms with Crippen molar-refractivity contribution in [1.82, 2.24) is 4.98 Å². The van der Waals surface area contributed by atoms with Crippen LogP contribution in [0.1, 0.15) is 25.5 Å². The normalized spacial score (nSPS) is 13.1. The Morgan fingerprint density at radius 2 is 1.89 bits per heavy atom. The van der Waals surface area contributed by atoms with Crippen LogP contribution in [-0.4, -0.2) is 29.6 Å². The molecular weight excluding hydrogens is 242 g/mol. The van der Waals surface area contributed by atoms with Gasteiger partial charge in [0.15, 0.2) is 6.29 Å². The number of hydrogen-bond donors (Lipinski definition) is 1. The Morgan fingerprint density at radius 3 is 2.58 bits per heavy atom. The van der Waals surface area contributed by atoms with Crippen molar-refractivity contribution < 1.29 is 14.6 Å². The highest BCUT2D eigenvalue weighted by Crippen LogP contribution is 2.23. The summed E-state index contributed by atoms with van der Waals surface area (Å²) in [6.45, 7) is 4.74. The van der Waals surface area contributed by atoms with Crippen molar-refractivity contribution in [3.8, 4) is 0 Å². The molecule has 1 N–H and O–H groups in total. The number of pyridine rings is 1. The highest BCUT2D eigenvalue weighted by atomic mass is 16.7. The largest absolute Gasteiger partial charge is 0.383 e. The smallest absolute Gasteiger partial charge is 0.187 e. The number of nitrogens with zero attached hydrogens (tertiary/aromatic N) is 1. The lowest BCUT2D eigenvalue weighted by atomic mass is 10.1. The molecule has 0 fully saturated rings. The van der Waals surface area contributed by atoms with Crippen LogP contribution in [0.25, 0.3) is 10.9 Å². The number of aliphatic hydroxyl groups is 1. The Labute approximate surface area is 113 Å². The molecule has 1 atom stereocenters. The van der Waals surface area contributed by atoms with Crippen LogP contribution in [0.2, 0.25) is 0 Å². The number of fused-ring (bicyclic) bond motifs is 1. The average molecular weight is 261 g/mol. The minimum absolute atomic E-state index is 0.494. The molecule has 0 amide bonds. The molecule has 102 valence electrons. The minimum Gasteiger partial charge on any atom is -0.383 e. The zero-order chi connectivity index (χ0) is 13.7. The molecule has 1 aromatic carbocycles. The third-order valence-corrected chi connectivity index (χ3v) is 2.89. The molecule has 4 heteroatoms. The van der Waals surface area contributed by atoms with Gasteiger partial charge in [-0.15, -0.1) is 0 Å². The maximum absolute atomic E-state index is 10.3. The molecule has 1 heterocycles. The summed E-state index contributed by atoms with van der Waals surface area (Å²) in [5, 5.41) is 11.4. The van der Waals surface area contributed by atoms with Gasteiger partial charge in [-0.3, -0.25) is 4.98 Å². The van der Waals surface area contributed by atoms with Gasteiger partial charge >= 0.3 is 0 Å². The monoisotopic (exact) mass is 261 g/mol. The SMILES string of the molecule is CCOC(OCC)C(O)c1ccc2cccnc2c1. The second kappa shape index (κ2) is 6.61. The molecule has 4 nitrogen and oxygen atoms in total. The fourth-order valence-corrected chi connectivity index (χ4v) is 1.98. The van der Waals surface area contributed by atoms with E-state index in [9.17, 15) is 5.11 Å². The fourth-order valence-electron chi connectivity index (χ4n) is 1.98. The summed E-state index contributed by atoms with van der Waals surface area (Å²) >= 11 is 0. The van der Waals surface area contributed by atoms with Crippen LogP contribution in [-0.2, 0) is 9.47 Å². The quantitative estimate of drug-likeness (QED) is 0.812. The van der Waals surface area contributed by atoms with Gasteiger partial charge in [0.05, 0.1) is 5.52 Å². The van der Waals surface area contributed by atoms with E-state index in [-0.39, 0.29) is 0 Å². The van der Waals surface area contributed by atoms with Gasteiger partial charge in [-0.2, -0.15) is 0 Å². The van der Waals surface area contributed by atoms with Crippen LogP contribution in [0.3, 0.4) is 0 Å². The Bertz CT molecular complexity index is 524. The Morgan fingerprint density at radius 1 is 1.16 bits per heavy atom. The zero-order valence-corrected chi connectivity index (χ0v) is 11.2. The predicted molar refractivity (Wildman–Crippen MR) is 73.7 cm³/mol. The zero-order valence-electron chi connectivity index (χ0n) is 11.2. The number of hydrogen-bond acceptors (Lipinski definition) is 4. The minimum atomic E-state index is -0.814. The lowest BCUT2D eigenvalue weighted by molar-refractivity contribution is -0.191. The summed E-state index contributed by atoms with van der Waals surface area (Å²) in [6.07, 6.45) is 0.281. The number of rotatable bonds is 6. The van der Waals surface area contributed by atoms with Gasteiger partial charge < -0.3 is 14.6 Å². The van der Waals surface area contributed by atoms with E-state index in [0.29, 0.717) is 13.2 Å². The van der Waals surface area contributed by atoms with Gasteiger partial charge in [0, 0.05) is 24.8 Å². The van der Waals surface area contributed by atoms with Crippen molar-refractivity contribution in [3.63, 3.8) is 0 Å². The van der Waals surface area contributed by atoms with E-state index in [0.717, 1.165) is 16.5 Å². The first-order chi connectivity index (χ1) is 9.26. The molecule has 0 saturated heterocycles. The second-order valence-corrected chi connectivity index (χ2v) is 4.18. The summed E-state index contributed by atoms with van der Waals surface area (Å²) in [4.78, 5) is 4.28. The molecule has 0 aliphatic heterocycles. The third-order valence-electron chi connectivity index (χ3n) is 2.89. The first kappa shape index (κ1) is 13.9. The summed E-state index contributed by atoms with van der Waals surface area (Å²) < 4.78 is 10.8. The first-order valence-corrected chi connectivity index (χ1v) is 6.52. The number of aliphatic hydroxyl groups excluding tert-OH is 1. The van der Waals surface area contributed by atoms with Gasteiger partial charge in [-0.05, 0) is 31.5 Å². The van der Waals surface area contributed by atoms with Crippen molar-refractivity contribution in [1.29, 1.82) is 0 Å². The Balaban J connectivity index is 2.26. The molecule has 0 aliphatic rings. The summed E-state index contributed by atoms with van der Waals surface area (Å²) in [7, 11) is 0. The van der Waals surface area contributed by atoms with Crippen molar-refractivity contribution in [2.24, 2.45) is 0 Å². The standard InChI is InChI=1S/C15H19NO3/c1-3-18-15(19-4-2)14(17)12-8-7-11-6-5-9-16-13(11)10-12/h5-10,14-15,17H,3-4H2,1-2H3. The van der Waals surface area contributed by atoms with E-state index in [1.165, 1.54) is 0 Å². The third kappa shape index (κ3) is 3.29. The van der Waals surface area contributed by atoms with Gasteiger partial charge in [0.2, 0.25) is 0 Å². The summed E-state index contributed by atoms with van der Waals surface area (Å²) in [5.41, 5.74) is 1.60. The Hall–Kier alpha value is -1.49. The lowest BCUT2D eigenvalue weighted by Gasteiger charge is -2.23. The molecule has 0 radical (unpaired) electrons. The van der Waals surface area contributed by atoms with E-state index in [1.54, 1.807) is 6.20 Å². The molecule has 2 aromatic rings. The predicted octanol–water partition coefficient (Wildman–Crippen LogP) is 2.67. The van der Waals surface area contributed by atoms with E-state index in [2.05, 4.69) is 4.98 Å². The maximum atomic E-state index is 10.3. The van der Waals surface area contributed by atoms with E-state index in [1.807, 2.05) is 44.2 Å². The van der Waals surface area contributed by atoms with Crippen LogP contribution in [0.5, 0.6) is 0 Å². The number of ether oxygens (including phenoxy) is 2. The first-order valence-electron chi connectivity index (χ1n) is 6.52. The van der Waals surface area contributed by atoms with Gasteiger partial charge in [0.1, 0.15) is 6.10 Å². The summed E-state index contributed by atoms with van der Waals surface area (Å²) in [6, 6.07) is 9.56. The lowest BCUT2D eigenvalue weighted by Crippen LogP contribution is -2.25. The Kier molecular flexibility index (Phi) is 4.85. The van der Waals surface area contributed by atoms with Crippen molar-refractivity contribution >= 4 is 10.9 Å². The molecule has 0 bridgehead atoms. The van der Waals surface area contributed by atoms with Crippen LogP contribution in [0.4, 0.5) is 0 Å². The van der Waals surface area contributed by atoms with E-state index in [4.69, 9.17) is 9.47 Å². The number of benzene rings is 1. The van der Waals surface area contributed by atoms with E-state index < -0.39 is 12.4 Å². The fraction of sp³-hybridized carbons (Fsp3) is 0.400. The van der Waals surface area contributed by atoms with Crippen molar-refractivity contribution in [3.05, 3.63) is 42.1 Å². The molecule has 19 heavy (non-hydrogen) atoms. The molecular formula is C15H19NO3. The van der Waals surface area contributed by atoms with Crippen molar-refractivity contribution in [2.75, 3.05) is 13.2 Å². The topological polar surface area (TPSA) is 51.6 Å². The average Bonchev–Trinajstić information content (AvgIpc) is 2.46. The van der Waals surface area contributed by atoms with Crippen LogP contribution in [0, 0.1) is 0 Å². The van der Waals surface area contributed by atoms with Gasteiger partial charge in [-0.25, -0.2) is 0 Å². The van der Waals surface area contributed by atoms with E-state index >= 15 is 0 Å². The molecule has 0 saturated carbocycles. The maximum Gasteiger partial charge on any atom is 0.187 e. The highest BCUT2D eigenvalue weighted by Gasteiger charge is 2.21. The molecule has 0 spiro atoms. The van der Waals surface area contributed by atoms with Crippen LogP contribution < -0.4 is 0 Å². The molecule has 1 aromatic heterocycles. The van der Waals surface area contributed by atoms with Gasteiger partial charge in [0.25, 0.3) is 0 Å². The van der Waals surface area contributed by atoms with Crippen LogP contribution in [0.15, 0.2) is 36.5 Å². The second-order valence-electron chi connectivity index (χ2n) is 4.18. The molecule has 2 rings (SSSR count). The van der Waals surface area contributed by atoms with Gasteiger partial charge in [-0.1, -0.05) is 18.2 Å². The molecule has 0 aliphatic carbocycles. The number of aromatic nitrogens is 1. The van der Waals surface area contributed by atoms with Crippen LogP contribution >= 0.6 is 0 Å².